The van der Waals surface area contributed by atoms with Gasteiger partial charge in [-0.3, -0.25) is 0 Å². The third-order valence-corrected chi connectivity index (χ3v) is 5.21. The molecule has 0 N–H and O–H groups in total. The lowest BCUT2D eigenvalue weighted by Crippen LogP contribution is -2.33. The normalized spacial score (nSPS) is 16.0. The summed E-state index contributed by atoms with van der Waals surface area (Å²) in [5, 5.41) is 1.32. The highest BCUT2D eigenvalue weighted by Crippen LogP contribution is 2.34. The van der Waals surface area contributed by atoms with Crippen LogP contribution in [0.4, 0.5) is 10.1 Å². The standard InChI is InChI=1S/C18H18BrClFN/c19-12-14-3-1-2-4-18(14)22-9-7-13(8-10-22)16-6-5-15(20)11-17(16)21/h1-6,11,13H,7-10,12H2. The van der Waals surface area contributed by atoms with E-state index in [1.54, 1.807) is 6.07 Å². The van der Waals surface area contributed by atoms with Gasteiger partial charge in [0.25, 0.3) is 0 Å². The molecule has 1 aliphatic rings. The minimum Gasteiger partial charge on any atom is -0.371 e. The number of anilines is 1. The van der Waals surface area contributed by atoms with Crippen LogP contribution in [0.2, 0.25) is 5.02 Å². The number of hydrogen-bond donors (Lipinski definition) is 0. The van der Waals surface area contributed by atoms with Crippen LogP contribution in [0, 0.1) is 5.82 Å². The summed E-state index contributed by atoms with van der Waals surface area (Å²) >= 11 is 9.39. The SMILES string of the molecule is Fc1cc(Cl)ccc1C1CCN(c2ccccc2CBr)CC1. The molecule has 0 aliphatic carbocycles. The molecule has 3 rings (SSSR count). The van der Waals surface area contributed by atoms with Crippen LogP contribution in [-0.4, -0.2) is 13.1 Å². The van der Waals surface area contributed by atoms with E-state index >= 15 is 0 Å². The molecular formula is C18H18BrClFN. The molecule has 116 valence electrons. The Morgan fingerprint density at radius 2 is 1.86 bits per heavy atom. The van der Waals surface area contributed by atoms with Gasteiger partial charge in [0.2, 0.25) is 0 Å². The van der Waals surface area contributed by atoms with Crippen molar-refractivity contribution < 1.29 is 4.39 Å². The quantitative estimate of drug-likeness (QED) is 0.610. The van der Waals surface area contributed by atoms with Gasteiger partial charge in [0.1, 0.15) is 5.82 Å². The topological polar surface area (TPSA) is 3.24 Å². The second-order valence-corrected chi connectivity index (χ2v) is 6.69. The minimum atomic E-state index is -0.174. The molecule has 1 heterocycles. The summed E-state index contributed by atoms with van der Waals surface area (Å²) in [4.78, 5) is 2.40. The van der Waals surface area contributed by atoms with Crippen molar-refractivity contribution in [2.45, 2.75) is 24.1 Å². The van der Waals surface area contributed by atoms with Crippen LogP contribution in [0.15, 0.2) is 42.5 Å². The second kappa shape index (κ2) is 7.01. The number of para-hydroxylation sites is 1. The molecular weight excluding hydrogens is 365 g/mol. The lowest BCUT2D eigenvalue weighted by molar-refractivity contribution is 0.481. The lowest BCUT2D eigenvalue weighted by atomic mass is 9.88. The van der Waals surface area contributed by atoms with Gasteiger partial charge >= 0.3 is 0 Å². The molecule has 1 aliphatic heterocycles. The van der Waals surface area contributed by atoms with Gasteiger partial charge in [-0.05, 0) is 48.1 Å². The largest absolute Gasteiger partial charge is 0.371 e. The van der Waals surface area contributed by atoms with Crippen LogP contribution in [0.5, 0.6) is 0 Å². The third-order valence-electron chi connectivity index (χ3n) is 4.37. The number of alkyl halides is 1. The molecule has 2 aromatic carbocycles. The van der Waals surface area contributed by atoms with Crippen molar-refractivity contribution >= 4 is 33.2 Å². The van der Waals surface area contributed by atoms with E-state index in [1.165, 1.54) is 17.3 Å². The maximum absolute atomic E-state index is 14.1. The van der Waals surface area contributed by atoms with E-state index < -0.39 is 0 Å². The molecule has 2 aromatic rings. The van der Waals surface area contributed by atoms with Gasteiger partial charge in [-0.2, -0.15) is 0 Å². The monoisotopic (exact) mass is 381 g/mol. The summed E-state index contributed by atoms with van der Waals surface area (Å²) in [7, 11) is 0. The van der Waals surface area contributed by atoms with Gasteiger partial charge < -0.3 is 4.90 Å². The number of hydrogen-bond acceptors (Lipinski definition) is 1. The van der Waals surface area contributed by atoms with Crippen LogP contribution in [0.1, 0.15) is 29.9 Å². The Labute approximate surface area is 144 Å². The summed E-state index contributed by atoms with van der Waals surface area (Å²) < 4.78 is 14.1. The zero-order chi connectivity index (χ0) is 15.5. The predicted molar refractivity (Wildman–Crippen MR) is 94.7 cm³/mol. The van der Waals surface area contributed by atoms with E-state index in [1.807, 2.05) is 6.07 Å². The van der Waals surface area contributed by atoms with Crippen molar-refractivity contribution in [3.63, 3.8) is 0 Å². The Kier molecular flexibility index (Phi) is 5.04. The van der Waals surface area contributed by atoms with Gasteiger partial charge in [0.15, 0.2) is 0 Å². The predicted octanol–water partition coefficient (Wildman–Crippen LogP) is 5.76. The number of halogens is 3. The molecule has 0 atom stereocenters. The van der Waals surface area contributed by atoms with Crippen molar-refractivity contribution in [1.82, 2.24) is 0 Å². The molecule has 0 aromatic heterocycles. The van der Waals surface area contributed by atoms with E-state index in [0.29, 0.717) is 5.02 Å². The Balaban J connectivity index is 1.72. The highest BCUT2D eigenvalue weighted by molar-refractivity contribution is 9.08. The molecule has 0 radical (unpaired) electrons. The molecule has 0 amide bonds. The van der Waals surface area contributed by atoms with Crippen molar-refractivity contribution in [3.05, 3.63) is 64.4 Å². The van der Waals surface area contributed by atoms with Gasteiger partial charge in [0, 0.05) is 29.1 Å². The van der Waals surface area contributed by atoms with E-state index in [4.69, 9.17) is 11.6 Å². The number of piperidine rings is 1. The van der Waals surface area contributed by atoms with E-state index in [0.717, 1.165) is 36.8 Å². The van der Waals surface area contributed by atoms with Crippen LogP contribution < -0.4 is 4.90 Å². The number of rotatable bonds is 3. The Morgan fingerprint density at radius 3 is 2.55 bits per heavy atom. The van der Waals surface area contributed by atoms with Gasteiger partial charge in [-0.25, -0.2) is 4.39 Å². The Morgan fingerprint density at radius 1 is 1.14 bits per heavy atom. The van der Waals surface area contributed by atoms with Gasteiger partial charge in [-0.15, -0.1) is 0 Å². The highest BCUT2D eigenvalue weighted by atomic mass is 79.9. The summed E-state index contributed by atoms with van der Waals surface area (Å²) in [6, 6.07) is 13.5. The fourth-order valence-corrected chi connectivity index (χ4v) is 3.83. The lowest BCUT2D eigenvalue weighted by Gasteiger charge is -2.35. The van der Waals surface area contributed by atoms with Crippen LogP contribution in [-0.2, 0) is 5.33 Å². The molecule has 0 bridgehead atoms. The maximum Gasteiger partial charge on any atom is 0.128 e. The average molecular weight is 383 g/mol. The first-order chi connectivity index (χ1) is 10.7. The van der Waals surface area contributed by atoms with E-state index in [9.17, 15) is 4.39 Å². The average Bonchev–Trinajstić information content (AvgIpc) is 2.55. The number of benzene rings is 2. The smallest absolute Gasteiger partial charge is 0.128 e. The second-order valence-electron chi connectivity index (χ2n) is 5.69. The molecule has 1 saturated heterocycles. The van der Waals surface area contributed by atoms with Gasteiger partial charge in [0.05, 0.1) is 0 Å². The molecule has 22 heavy (non-hydrogen) atoms. The molecule has 0 saturated carbocycles. The van der Waals surface area contributed by atoms with Crippen LogP contribution >= 0.6 is 27.5 Å². The first-order valence-corrected chi connectivity index (χ1v) is 9.02. The summed E-state index contributed by atoms with van der Waals surface area (Å²) in [6.07, 6.45) is 1.93. The van der Waals surface area contributed by atoms with Crippen LogP contribution in [0.25, 0.3) is 0 Å². The fraction of sp³-hybridized carbons (Fsp3) is 0.333. The summed E-state index contributed by atoms with van der Waals surface area (Å²) in [5.41, 5.74) is 3.39. The molecule has 1 fully saturated rings. The fourth-order valence-electron chi connectivity index (χ4n) is 3.20. The first-order valence-electron chi connectivity index (χ1n) is 7.53. The zero-order valence-corrected chi connectivity index (χ0v) is 14.6. The molecule has 0 spiro atoms. The Hall–Kier alpha value is -1.06. The Bertz CT molecular complexity index is 653. The van der Waals surface area contributed by atoms with Crippen molar-refractivity contribution in [2.24, 2.45) is 0 Å². The van der Waals surface area contributed by atoms with E-state index in [2.05, 4.69) is 45.1 Å². The minimum absolute atomic E-state index is 0.174. The summed E-state index contributed by atoms with van der Waals surface area (Å²) in [6.45, 7) is 1.91. The number of nitrogens with zero attached hydrogens (tertiary/aromatic N) is 1. The summed E-state index contributed by atoms with van der Waals surface area (Å²) in [5.74, 6) is 0.108. The van der Waals surface area contributed by atoms with Crippen molar-refractivity contribution in [3.8, 4) is 0 Å². The maximum atomic E-state index is 14.1. The van der Waals surface area contributed by atoms with Crippen molar-refractivity contribution in [2.75, 3.05) is 18.0 Å². The van der Waals surface area contributed by atoms with Crippen LogP contribution in [0.3, 0.4) is 0 Å². The van der Waals surface area contributed by atoms with Crippen molar-refractivity contribution in [1.29, 1.82) is 0 Å². The molecule has 1 nitrogen and oxygen atoms in total. The van der Waals surface area contributed by atoms with Gasteiger partial charge in [-0.1, -0.05) is 51.8 Å². The first kappa shape index (κ1) is 15.8. The van der Waals surface area contributed by atoms with E-state index in [-0.39, 0.29) is 11.7 Å². The molecule has 0 unspecified atom stereocenters. The highest BCUT2D eigenvalue weighted by Gasteiger charge is 2.23. The zero-order valence-electron chi connectivity index (χ0n) is 12.2. The molecule has 4 heteroatoms. The third kappa shape index (κ3) is 3.31.